The molecule has 0 fully saturated rings. The summed E-state index contributed by atoms with van der Waals surface area (Å²) in [6, 6.07) is 12.4. The van der Waals surface area contributed by atoms with Gasteiger partial charge in [-0.25, -0.2) is 12.4 Å². The van der Waals surface area contributed by atoms with Gasteiger partial charge in [0.1, 0.15) is 0 Å². The van der Waals surface area contributed by atoms with Crippen LogP contribution in [0.25, 0.3) is 10.9 Å². The maximum atomic E-state index is 13.0. The first-order chi connectivity index (χ1) is 11.1. The Morgan fingerprint density at radius 1 is 1.09 bits per heavy atom. The third-order valence-electron chi connectivity index (χ3n) is 4.27. The van der Waals surface area contributed by atoms with Crippen LogP contribution in [0.2, 0.25) is 5.02 Å². The van der Waals surface area contributed by atoms with Gasteiger partial charge in [-0.2, -0.15) is 0 Å². The maximum Gasteiger partial charge on any atom is 0.268 e. The van der Waals surface area contributed by atoms with Gasteiger partial charge >= 0.3 is 0 Å². The van der Waals surface area contributed by atoms with Crippen LogP contribution in [-0.4, -0.2) is 18.9 Å². The molecular formula is C17H15ClN2O2S. The minimum Gasteiger partial charge on any atom is -0.312 e. The summed E-state index contributed by atoms with van der Waals surface area (Å²) in [6.07, 6.45) is 2.49. The van der Waals surface area contributed by atoms with Crippen LogP contribution in [0.3, 0.4) is 0 Å². The number of halogens is 1. The molecule has 1 aliphatic heterocycles. The van der Waals surface area contributed by atoms with E-state index in [0.717, 1.165) is 23.9 Å². The fraction of sp³-hybridized carbons (Fsp3) is 0.176. The third kappa shape index (κ3) is 2.36. The zero-order valence-electron chi connectivity index (χ0n) is 12.3. The minimum absolute atomic E-state index is 0.303. The SMILES string of the molecule is O=S(=O)(c1ccc2c(c1)CNCC2)n1ccc2c(Cl)cccc21. The van der Waals surface area contributed by atoms with Gasteiger partial charge in [0, 0.05) is 23.2 Å². The first-order valence-corrected chi connectivity index (χ1v) is 9.23. The standard InChI is InChI=1S/C17H15ClN2O2S/c18-16-2-1-3-17-15(16)7-9-20(17)23(21,22)14-5-4-12-6-8-19-11-13(12)10-14/h1-5,7,9-10,19H,6,8,11H2. The van der Waals surface area contributed by atoms with Crippen LogP contribution >= 0.6 is 11.6 Å². The van der Waals surface area contributed by atoms with E-state index in [0.29, 0.717) is 22.0 Å². The fourth-order valence-electron chi connectivity index (χ4n) is 3.05. The van der Waals surface area contributed by atoms with Gasteiger partial charge in [0.2, 0.25) is 0 Å². The molecule has 0 radical (unpaired) electrons. The van der Waals surface area contributed by atoms with E-state index in [4.69, 9.17) is 11.6 Å². The average Bonchev–Trinajstić information content (AvgIpc) is 3.00. The number of nitrogens with zero attached hydrogens (tertiary/aromatic N) is 1. The van der Waals surface area contributed by atoms with Crippen molar-refractivity contribution in [3.8, 4) is 0 Å². The second-order valence-electron chi connectivity index (χ2n) is 5.65. The van der Waals surface area contributed by atoms with Crippen molar-refractivity contribution in [3.05, 3.63) is 64.8 Å². The average molecular weight is 347 g/mol. The molecule has 4 nitrogen and oxygen atoms in total. The molecule has 23 heavy (non-hydrogen) atoms. The number of nitrogens with one attached hydrogen (secondary N) is 1. The second-order valence-corrected chi connectivity index (χ2v) is 7.87. The Hall–Kier alpha value is -1.82. The summed E-state index contributed by atoms with van der Waals surface area (Å²) in [5.41, 5.74) is 2.85. The van der Waals surface area contributed by atoms with Gasteiger partial charge in [0.05, 0.1) is 10.4 Å². The molecule has 0 unspecified atom stereocenters. The number of hydrogen-bond acceptors (Lipinski definition) is 3. The van der Waals surface area contributed by atoms with E-state index < -0.39 is 10.0 Å². The summed E-state index contributed by atoms with van der Waals surface area (Å²) in [5, 5.41) is 4.55. The first kappa shape index (κ1) is 14.8. The molecule has 0 atom stereocenters. The lowest BCUT2D eigenvalue weighted by atomic mass is 10.0. The topological polar surface area (TPSA) is 51.1 Å². The molecule has 0 bridgehead atoms. The number of hydrogen-bond donors (Lipinski definition) is 1. The lowest BCUT2D eigenvalue weighted by molar-refractivity contribution is 0.588. The van der Waals surface area contributed by atoms with Crippen molar-refractivity contribution in [2.24, 2.45) is 0 Å². The molecule has 6 heteroatoms. The molecular weight excluding hydrogens is 332 g/mol. The Kier molecular flexibility index (Phi) is 3.44. The summed E-state index contributed by atoms with van der Waals surface area (Å²) < 4.78 is 27.3. The van der Waals surface area contributed by atoms with Gasteiger partial charge in [0.25, 0.3) is 10.0 Å². The Labute approximate surface area is 139 Å². The van der Waals surface area contributed by atoms with E-state index in [1.807, 2.05) is 6.07 Å². The van der Waals surface area contributed by atoms with Crippen LogP contribution in [0.1, 0.15) is 11.1 Å². The summed E-state index contributed by atoms with van der Waals surface area (Å²) in [6.45, 7) is 1.64. The van der Waals surface area contributed by atoms with E-state index in [2.05, 4.69) is 5.32 Å². The third-order valence-corrected chi connectivity index (χ3v) is 6.28. The summed E-state index contributed by atoms with van der Waals surface area (Å²) in [7, 11) is -3.64. The summed E-state index contributed by atoms with van der Waals surface area (Å²) in [5.74, 6) is 0. The molecule has 2 aromatic carbocycles. The largest absolute Gasteiger partial charge is 0.312 e. The van der Waals surface area contributed by atoms with Gasteiger partial charge in [-0.05, 0) is 54.4 Å². The van der Waals surface area contributed by atoms with Crippen LogP contribution in [0.15, 0.2) is 53.6 Å². The Bertz CT molecular complexity index is 1010. The highest BCUT2D eigenvalue weighted by Gasteiger charge is 2.21. The van der Waals surface area contributed by atoms with Gasteiger partial charge in [-0.3, -0.25) is 0 Å². The fourth-order valence-corrected chi connectivity index (χ4v) is 4.68. The molecule has 1 aliphatic rings. The van der Waals surface area contributed by atoms with E-state index in [-0.39, 0.29) is 0 Å². The second kappa shape index (κ2) is 5.37. The van der Waals surface area contributed by atoms with Crippen LogP contribution in [-0.2, 0) is 23.0 Å². The molecule has 1 aromatic heterocycles. The van der Waals surface area contributed by atoms with Crippen LogP contribution in [0.4, 0.5) is 0 Å². The minimum atomic E-state index is -3.64. The van der Waals surface area contributed by atoms with Crippen LogP contribution < -0.4 is 5.32 Å². The highest BCUT2D eigenvalue weighted by atomic mass is 35.5. The van der Waals surface area contributed by atoms with Gasteiger partial charge < -0.3 is 5.32 Å². The molecule has 0 amide bonds. The Morgan fingerprint density at radius 2 is 1.96 bits per heavy atom. The van der Waals surface area contributed by atoms with Crippen molar-refractivity contribution >= 4 is 32.5 Å². The van der Waals surface area contributed by atoms with Crippen molar-refractivity contribution in [3.63, 3.8) is 0 Å². The highest BCUT2D eigenvalue weighted by molar-refractivity contribution is 7.90. The lowest BCUT2D eigenvalue weighted by Gasteiger charge is -2.18. The number of fused-ring (bicyclic) bond motifs is 2. The van der Waals surface area contributed by atoms with E-state index in [1.54, 1.807) is 42.6 Å². The van der Waals surface area contributed by atoms with E-state index >= 15 is 0 Å². The molecule has 0 saturated heterocycles. The molecule has 1 N–H and O–H groups in total. The van der Waals surface area contributed by atoms with Crippen LogP contribution in [0.5, 0.6) is 0 Å². The van der Waals surface area contributed by atoms with Crippen molar-refractivity contribution < 1.29 is 8.42 Å². The monoisotopic (exact) mass is 346 g/mol. The summed E-state index contributed by atoms with van der Waals surface area (Å²) >= 11 is 6.14. The molecule has 0 spiro atoms. The van der Waals surface area contributed by atoms with Gasteiger partial charge in [0.15, 0.2) is 0 Å². The predicted octanol–water partition coefficient (Wildman–Crippen LogP) is 3.18. The predicted molar refractivity (Wildman–Crippen MR) is 91.4 cm³/mol. The first-order valence-electron chi connectivity index (χ1n) is 7.41. The van der Waals surface area contributed by atoms with Crippen LogP contribution in [0, 0.1) is 0 Å². The quantitative estimate of drug-likeness (QED) is 0.775. The highest BCUT2D eigenvalue weighted by Crippen LogP contribution is 2.28. The molecule has 118 valence electrons. The normalized spacial score (nSPS) is 14.8. The molecule has 2 heterocycles. The zero-order valence-corrected chi connectivity index (χ0v) is 13.9. The van der Waals surface area contributed by atoms with E-state index in [9.17, 15) is 8.42 Å². The Balaban J connectivity index is 1.88. The smallest absolute Gasteiger partial charge is 0.268 e. The molecule has 4 rings (SSSR count). The number of rotatable bonds is 2. The van der Waals surface area contributed by atoms with Gasteiger partial charge in [-0.15, -0.1) is 0 Å². The van der Waals surface area contributed by atoms with Crippen molar-refractivity contribution in [2.75, 3.05) is 6.54 Å². The lowest BCUT2D eigenvalue weighted by Crippen LogP contribution is -2.24. The zero-order chi connectivity index (χ0) is 16.0. The van der Waals surface area contributed by atoms with Crippen molar-refractivity contribution in [1.82, 2.24) is 9.29 Å². The molecule has 0 aliphatic carbocycles. The molecule has 0 saturated carbocycles. The molecule has 3 aromatic rings. The van der Waals surface area contributed by atoms with Crippen molar-refractivity contribution in [2.45, 2.75) is 17.9 Å². The van der Waals surface area contributed by atoms with Crippen molar-refractivity contribution in [1.29, 1.82) is 0 Å². The maximum absolute atomic E-state index is 13.0. The van der Waals surface area contributed by atoms with E-state index in [1.165, 1.54) is 9.54 Å². The number of aromatic nitrogens is 1. The Morgan fingerprint density at radius 3 is 2.83 bits per heavy atom. The summed E-state index contributed by atoms with van der Waals surface area (Å²) in [4.78, 5) is 0.303. The van der Waals surface area contributed by atoms with Gasteiger partial charge in [-0.1, -0.05) is 23.7 Å². The number of benzene rings is 2.